The van der Waals surface area contributed by atoms with E-state index in [-0.39, 0.29) is 10.7 Å². The first-order valence-electron chi connectivity index (χ1n) is 7.56. The number of halogens is 1. The molecule has 1 aliphatic rings. The summed E-state index contributed by atoms with van der Waals surface area (Å²) in [6, 6.07) is 1.29. The number of hydrogen-bond acceptors (Lipinski definition) is 7. The zero-order valence-electron chi connectivity index (χ0n) is 13.0. The molecule has 4 rings (SSSR count). The van der Waals surface area contributed by atoms with Crippen LogP contribution in [0.5, 0.6) is 0 Å². The average molecular weight is 361 g/mol. The lowest BCUT2D eigenvalue weighted by atomic mass is 10.2. The van der Waals surface area contributed by atoms with E-state index in [2.05, 4.69) is 19.9 Å². The van der Waals surface area contributed by atoms with E-state index >= 15 is 0 Å². The van der Waals surface area contributed by atoms with Crippen molar-refractivity contribution >= 4 is 34.4 Å². The van der Waals surface area contributed by atoms with Crippen molar-refractivity contribution in [1.82, 2.24) is 24.5 Å². The predicted octanol–water partition coefficient (Wildman–Crippen LogP) is 1.40. The minimum absolute atomic E-state index is 0.147. The molecule has 0 unspecified atom stereocenters. The molecule has 0 radical (unpaired) electrons. The van der Waals surface area contributed by atoms with Gasteiger partial charge in [-0.3, -0.25) is 4.57 Å². The Balaban J connectivity index is 1.98. The van der Waals surface area contributed by atoms with E-state index in [0.717, 1.165) is 0 Å². The number of anilines is 1. The molecule has 128 valence electrons. The van der Waals surface area contributed by atoms with Crippen molar-refractivity contribution in [1.29, 1.82) is 0 Å². The number of fused-ring (bicyclic) bond motifs is 1. The van der Waals surface area contributed by atoms with E-state index in [4.69, 9.17) is 16.3 Å². The standard InChI is InChI=1S/C15H13ClN6O3/c16-9-7-10(14(23)24)18-12-11(9)19-15(22-2-1-17-8-22)20-13(12)21-3-5-25-6-4-21/h1-2,7-8H,3-6H2,(H,23,24). The number of aromatic nitrogens is 5. The van der Waals surface area contributed by atoms with Crippen LogP contribution in [0, 0.1) is 0 Å². The Morgan fingerprint density at radius 3 is 2.68 bits per heavy atom. The molecule has 0 spiro atoms. The van der Waals surface area contributed by atoms with Crippen LogP contribution in [0.3, 0.4) is 0 Å². The molecule has 1 N–H and O–H groups in total. The minimum Gasteiger partial charge on any atom is -0.477 e. The highest BCUT2D eigenvalue weighted by atomic mass is 35.5. The van der Waals surface area contributed by atoms with Gasteiger partial charge in [-0.25, -0.2) is 19.7 Å². The lowest BCUT2D eigenvalue weighted by Gasteiger charge is -2.28. The van der Waals surface area contributed by atoms with Crippen LogP contribution in [-0.4, -0.2) is 61.9 Å². The Hall–Kier alpha value is -2.78. The van der Waals surface area contributed by atoms with Gasteiger partial charge in [-0.1, -0.05) is 11.6 Å². The number of carboxylic acid groups (broad SMARTS) is 1. The van der Waals surface area contributed by atoms with Gasteiger partial charge in [-0.2, -0.15) is 4.98 Å². The molecule has 10 heteroatoms. The zero-order valence-corrected chi connectivity index (χ0v) is 13.7. The molecule has 1 aliphatic heterocycles. The summed E-state index contributed by atoms with van der Waals surface area (Å²) in [5.41, 5.74) is 0.605. The molecular weight excluding hydrogens is 348 g/mol. The van der Waals surface area contributed by atoms with Crippen LogP contribution in [0.4, 0.5) is 5.82 Å². The number of imidazole rings is 1. The zero-order chi connectivity index (χ0) is 17.4. The van der Waals surface area contributed by atoms with Gasteiger partial charge in [-0.05, 0) is 6.07 Å². The second-order valence-electron chi connectivity index (χ2n) is 5.41. The molecule has 1 fully saturated rings. The highest BCUT2D eigenvalue weighted by Gasteiger charge is 2.22. The van der Waals surface area contributed by atoms with Gasteiger partial charge in [0.25, 0.3) is 0 Å². The highest BCUT2D eigenvalue weighted by Crippen LogP contribution is 2.29. The maximum atomic E-state index is 11.3. The molecular formula is C15H13ClN6O3. The van der Waals surface area contributed by atoms with Crippen LogP contribution >= 0.6 is 11.6 Å². The average Bonchev–Trinajstić information content (AvgIpc) is 3.16. The van der Waals surface area contributed by atoms with Crippen LogP contribution in [0.1, 0.15) is 10.5 Å². The molecule has 1 saturated heterocycles. The first-order valence-corrected chi connectivity index (χ1v) is 7.94. The summed E-state index contributed by atoms with van der Waals surface area (Å²) in [5.74, 6) is -0.240. The fraction of sp³-hybridized carbons (Fsp3) is 0.267. The summed E-state index contributed by atoms with van der Waals surface area (Å²) in [6.45, 7) is 2.34. The summed E-state index contributed by atoms with van der Waals surface area (Å²) < 4.78 is 7.04. The number of nitrogens with zero attached hydrogens (tertiary/aromatic N) is 6. The Labute approximate surface area is 146 Å². The normalized spacial score (nSPS) is 14.8. The Kier molecular flexibility index (Phi) is 3.94. The first kappa shape index (κ1) is 15.7. The fourth-order valence-corrected chi connectivity index (χ4v) is 2.88. The maximum Gasteiger partial charge on any atom is 0.354 e. The molecule has 0 saturated carbocycles. The van der Waals surface area contributed by atoms with E-state index in [1.165, 1.54) is 6.07 Å². The maximum absolute atomic E-state index is 11.3. The van der Waals surface area contributed by atoms with Crippen molar-refractivity contribution < 1.29 is 14.6 Å². The Bertz CT molecular complexity index is 940. The largest absolute Gasteiger partial charge is 0.477 e. The molecule has 9 nitrogen and oxygen atoms in total. The number of aromatic carboxylic acids is 1. The third kappa shape index (κ3) is 2.87. The summed E-state index contributed by atoms with van der Waals surface area (Å²) in [7, 11) is 0. The molecule has 25 heavy (non-hydrogen) atoms. The van der Waals surface area contributed by atoms with Gasteiger partial charge < -0.3 is 14.7 Å². The summed E-state index contributed by atoms with van der Waals surface area (Å²) in [6.07, 6.45) is 4.92. The van der Waals surface area contributed by atoms with Gasteiger partial charge in [-0.15, -0.1) is 0 Å². The molecule has 0 aromatic carbocycles. The lowest BCUT2D eigenvalue weighted by Crippen LogP contribution is -2.37. The quantitative estimate of drug-likeness (QED) is 0.747. The Morgan fingerprint density at radius 2 is 2.00 bits per heavy atom. The highest BCUT2D eigenvalue weighted by molar-refractivity contribution is 6.35. The van der Waals surface area contributed by atoms with Crippen molar-refractivity contribution in [2.24, 2.45) is 0 Å². The van der Waals surface area contributed by atoms with Crippen molar-refractivity contribution in [3.8, 4) is 5.95 Å². The van der Waals surface area contributed by atoms with Crippen LogP contribution in [-0.2, 0) is 4.74 Å². The van der Waals surface area contributed by atoms with Crippen LogP contribution in [0.15, 0.2) is 24.8 Å². The van der Waals surface area contributed by atoms with E-state index in [1.54, 1.807) is 23.3 Å². The summed E-state index contributed by atoms with van der Waals surface area (Å²) in [5, 5.41) is 9.48. The number of ether oxygens (including phenoxy) is 1. The number of carboxylic acids is 1. The number of hydrogen-bond donors (Lipinski definition) is 1. The van der Waals surface area contributed by atoms with Crippen LogP contribution in [0.2, 0.25) is 5.02 Å². The third-order valence-electron chi connectivity index (χ3n) is 3.84. The lowest BCUT2D eigenvalue weighted by molar-refractivity contribution is 0.0691. The van der Waals surface area contributed by atoms with Gasteiger partial charge in [0.05, 0.1) is 18.2 Å². The number of morpholine rings is 1. The van der Waals surface area contributed by atoms with Crippen LogP contribution < -0.4 is 4.90 Å². The molecule has 3 aromatic heterocycles. The predicted molar refractivity (Wildman–Crippen MR) is 89.5 cm³/mol. The molecule has 0 amide bonds. The minimum atomic E-state index is -1.16. The van der Waals surface area contributed by atoms with Crippen molar-refractivity contribution in [3.63, 3.8) is 0 Å². The second kappa shape index (κ2) is 6.26. The topological polar surface area (TPSA) is 106 Å². The fourth-order valence-electron chi connectivity index (χ4n) is 2.64. The number of rotatable bonds is 3. The second-order valence-corrected chi connectivity index (χ2v) is 5.82. The van der Waals surface area contributed by atoms with Gasteiger partial charge in [0.1, 0.15) is 17.4 Å². The monoisotopic (exact) mass is 360 g/mol. The van der Waals surface area contributed by atoms with E-state index < -0.39 is 5.97 Å². The van der Waals surface area contributed by atoms with Crippen molar-refractivity contribution in [2.75, 3.05) is 31.2 Å². The first-order chi connectivity index (χ1) is 12.1. The molecule has 0 aliphatic carbocycles. The van der Waals surface area contributed by atoms with E-state index in [1.807, 2.05) is 4.90 Å². The van der Waals surface area contributed by atoms with Crippen LogP contribution in [0.25, 0.3) is 17.0 Å². The number of carbonyl (C=O) groups is 1. The third-order valence-corrected chi connectivity index (χ3v) is 4.13. The summed E-state index contributed by atoms with van der Waals surface area (Å²) in [4.78, 5) is 30.6. The Morgan fingerprint density at radius 1 is 1.20 bits per heavy atom. The smallest absolute Gasteiger partial charge is 0.354 e. The van der Waals surface area contributed by atoms with Gasteiger partial charge >= 0.3 is 5.97 Å². The van der Waals surface area contributed by atoms with Gasteiger partial charge in [0, 0.05) is 25.5 Å². The molecule has 0 atom stereocenters. The van der Waals surface area contributed by atoms with Crippen molar-refractivity contribution in [3.05, 3.63) is 35.5 Å². The van der Waals surface area contributed by atoms with E-state index in [9.17, 15) is 9.90 Å². The van der Waals surface area contributed by atoms with E-state index in [0.29, 0.717) is 49.1 Å². The molecule has 4 heterocycles. The van der Waals surface area contributed by atoms with Crippen molar-refractivity contribution in [2.45, 2.75) is 0 Å². The van der Waals surface area contributed by atoms with Gasteiger partial charge in [0.2, 0.25) is 5.95 Å². The molecule has 0 bridgehead atoms. The molecule has 3 aromatic rings. The summed E-state index contributed by atoms with van der Waals surface area (Å²) >= 11 is 6.29. The SMILES string of the molecule is O=C(O)c1cc(Cl)c2nc(-n3ccnc3)nc(N3CCOCC3)c2n1. The number of pyridine rings is 1. The van der Waals surface area contributed by atoms with Gasteiger partial charge in [0.15, 0.2) is 11.5 Å².